The van der Waals surface area contributed by atoms with Crippen molar-refractivity contribution < 1.29 is 19.1 Å². The topological polar surface area (TPSA) is 87.7 Å². The van der Waals surface area contributed by atoms with E-state index in [2.05, 4.69) is 17.2 Å². The minimum Gasteiger partial charge on any atom is -0.484 e. The van der Waals surface area contributed by atoms with Gasteiger partial charge in [-0.25, -0.2) is 0 Å². The lowest BCUT2D eigenvalue weighted by molar-refractivity contribution is -0.126. The molecule has 1 heterocycles. The fourth-order valence-corrected chi connectivity index (χ4v) is 3.56. The summed E-state index contributed by atoms with van der Waals surface area (Å²) < 4.78 is 5.56. The standard InChI is InChI=1S/C24H27N3O4/c1-4-9-25-24(30)18-13-23(29)27(14-18)20-5-7-21(8-6-20)31-15-22(28)26-19-11-16(2)10-17(3)12-19/h4-8,10-12,18H,1,9,13-15H2,2-3H3,(H,25,30)(H,26,28). The van der Waals surface area contributed by atoms with Gasteiger partial charge in [0.25, 0.3) is 5.91 Å². The van der Waals surface area contributed by atoms with Crippen LogP contribution in [0.3, 0.4) is 0 Å². The van der Waals surface area contributed by atoms with Gasteiger partial charge in [-0.3, -0.25) is 14.4 Å². The highest BCUT2D eigenvalue weighted by atomic mass is 16.5. The van der Waals surface area contributed by atoms with Gasteiger partial charge in [0.2, 0.25) is 11.8 Å². The van der Waals surface area contributed by atoms with Crippen LogP contribution in [0, 0.1) is 19.8 Å². The van der Waals surface area contributed by atoms with E-state index in [1.54, 1.807) is 35.2 Å². The molecule has 1 fully saturated rings. The van der Waals surface area contributed by atoms with Gasteiger partial charge in [-0.1, -0.05) is 12.1 Å². The predicted octanol–water partition coefficient (Wildman–Crippen LogP) is 2.98. The molecule has 0 spiro atoms. The molecule has 3 rings (SSSR count). The summed E-state index contributed by atoms with van der Waals surface area (Å²) in [6, 6.07) is 12.7. The van der Waals surface area contributed by atoms with Gasteiger partial charge in [-0.15, -0.1) is 6.58 Å². The predicted molar refractivity (Wildman–Crippen MR) is 120 cm³/mol. The number of nitrogens with zero attached hydrogens (tertiary/aromatic N) is 1. The first-order chi connectivity index (χ1) is 14.9. The summed E-state index contributed by atoms with van der Waals surface area (Å²) in [6.07, 6.45) is 1.78. The Morgan fingerprint density at radius 2 is 1.84 bits per heavy atom. The molecule has 0 radical (unpaired) electrons. The highest BCUT2D eigenvalue weighted by molar-refractivity contribution is 6.00. The lowest BCUT2D eigenvalue weighted by atomic mass is 10.1. The van der Waals surface area contributed by atoms with Gasteiger partial charge < -0.3 is 20.3 Å². The van der Waals surface area contributed by atoms with E-state index in [1.807, 2.05) is 32.0 Å². The summed E-state index contributed by atoms with van der Waals surface area (Å²) in [5.74, 6) is -0.355. The van der Waals surface area contributed by atoms with Gasteiger partial charge in [-0.05, 0) is 61.4 Å². The van der Waals surface area contributed by atoms with E-state index < -0.39 is 0 Å². The third-order valence-electron chi connectivity index (χ3n) is 4.94. The van der Waals surface area contributed by atoms with Crippen molar-refractivity contribution in [1.82, 2.24) is 5.32 Å². The van der Waals surface area contributed by atoms with Crippen LogP contribution in [-0.2, 0) is 14.4 Å². The molecule has 2 N–H and O–H groups in total. The molecule has 1 aliphatic heterocycles. The normalized spacial score (nSPS) is 15.5. The summed E-state index contributed by atoms with van der Waals surface area (Å²) in [5.41, 5.74) is 3.57. The van der Waals surface area contributed by atoms with Gasteiger partial charge in [0.15, 0.2) is 6.61 Å². The third-order valence-corrected chi connectivity index (χ3v) is 4.94. The number of hydrogen-bond donors (Lipinski definition) is 2. The van der Waals surface area contributed by atoms with Crippen LogP contribution in [0.2, 0.25) is 0 Å². The van der Waals surface area contributed by atoms with E-state index in [-0.39, 0.29) is 36.7 Å². The molecule has 0 bridgehead atoms. The van der Waals surface area contributed by atoms with Crippen molar-refractivity contribution in [3.8, 4) is 5.75 Å². The molecule has 0 saturated carbocycles. The van der Waals surface area contributed by atoms with Crippen LogP contribution in [0.15, 0.2) is 55.1 Å². The zero-order chi connectivity index (χ0) is 22.4. The number of hydrogen-bond acceptors (Lipinski definition) is 4. The second kappa shape index (κ2) is 9.93. The number of ether oxygens (including phenoxy) is 1. The number of anilines is 2. The van der Waals surface area contributed by atoms with Gasteiger partial charge in [0.1, 0.15) is 5.75 Å². The fourth-order valence-electron chi connectivity index (χ4n) is 3.56. The van der Waals surface area contributed by atoms with Crippen LogP contribution >= 0.6 is 0 Å². The molecule has 1 unspecified atom stereocenters. The van der Waals surface area contributed by atoms with Crippen LogP contribution in [-0.4, -0.2) is 37.4 Å². The molecule has 1 saturated heterocycles. The summed E-state index contributed by atoms with van der Waals surface area (Å²) in [5, 5.41) is 5.56. The second-order valence-corrected chi connectivity index (χ2v) is 7.65. The quantitative estimate of drug-likeness (QED) is 0.642. The smallest absolute Gasteiger partial charge is 0.262 e. The minimum absolute atomic E-state index is 0.0970. The second-order valence-electron chi connectivity index (χ2n) is 7.65. The number of benzene rings is 2. The molecule has 0 aromatic heterocycles. The van der Waals surface area contributed by atoms with Crippen LogP contribution in [0.4, 0.5) is 11.4 Å². The Labute approximate surface area is 182 Å². The summed E-state index contributed by atoms with van der Waals surface area (Å²) in [6.45, 7) is 8.11. The van der Waals surface area contributed by atoms with Crippen molar-refractivity contribution in [2.24, 2.45) is 5.92 Å². The maximum Gasteiger partial charge on any atom is 0.262 e. The van der Waals surface area contributed by atoms with Crippen LogP contribution < -0.4 is 20.3 Å². The SMILES string of the molecule is C=CCNC(=O)C1CC(=O)N(c2ccc(OCC(=O)Nc3cc(C)cc(C)c3)cc2)C1. The molecule has 1 atom stereocenters. The van der Waals surface area contributed by atoms with Gasteiger partial charge in [0, 0.05) is 30.9 Å². The van der Waals surface area contributed by atoms with Crippen LogP contribution in [0.1, 0.15) is 17.5 Å². The summed E-state index contributed by atoms with van der Waals surface area (Å²) >= 11 is 0. The van der Waals surface area contributed by atoms with Gasteiger partial charge in [0.05, 0.1) is 5.92 Å². The Hall–Kier alpha value is -3.61. The Morgan fingerprint density at radius 1 is 1.16 bits per heavy atom. The lowest BCUT2D eigenvalue weighted by Crippen LogP contribution is -2.32. The molecule has 162 valence electrons. The number of carbonyl (C=O) groups is 3. The average molecular weight is 421 g/mol. The van der Waals surface area contributed by atoms with Crippen molar-refractivity contribution in [1.29, 1.82) is 0 Å². The van der Waals surface area contributed by atoms with Crippen molar-refractivity contribution >= 4 is 29.1 Å². The maximum atomic E-state index is 12.3. The van der Waals surface area contributed by atoms with Crippen molar-refractivity contribution in [2.75, 3.05) is 29.9 Å². The number of carbonyl (C=O) groups excluding carboxylic acids is 3. The Bertz CT molecular complexity index is 965. The third kappa shape index (κ3) is 5.94. The summed E-state index contributed by atoms with van der Waals surface area (Å²) in [7, 11) is 0. The molecule has 31 heavy (non-hydrogen) atoms. The zero-order valence-electron chi connectivity index (χ0n) is 17.8. The Kier molecular flexibility index (Phi) is 7.07. The largest absolute Gasteiger partial charge is 0.484 e. The van der Waals surface area contributed by atoms with Crippen molar-refractivity contribution in [3.63, 3.8) is 0 Å². The fraction of sp³-hybridized carbons (Fsp3) is 0.292. The summed E-state index contributed by atoms with van der Waals surface area (Å²) in [4.78, 5) is 38.2. The number of aryl methyl sites for hydroxylation is 2. The van der Waals surface area contributed by atoms with E-state index in [0.717, 1.165) is 16.8 Å². The minimum atomic E-state index is -0.377. The molecule has 2 aromatic rings. The molecule has 7 nitrogen and oxygen atoms in total. The van der Waals surface area contributed by atoms with E-state index in [9.17, 15) is 14.4 Å². The maximum absolute atomic E-state index is 12.3. The van der Waals surface area contributed by atoms with Crippen LogP contribution in [0.25, 0.3) is 0 Å². The first-order valence-corrected chi connectivity index (χ1v) is 10.2. The first kappa shape index (κ1) is 22.1. The van der Waals surface area contributed by atoms with Crippen LogP contribution in [0.5, 0.6) is 5.75 Å². The van der Waals surface area contributed by atoms with Crippen molar-refractivity contribution in [3.05, 3.63) is 66.2 Å². The molecular formula is C24H27N3O4. The number of amides is 3. The highest BCUT2D eigenvalue weighted by Gasteiger charge is 2.34. The molecular weight excluding hydrogens is 394 g/mol. The Morgan fingerprint density at radius 3 is 2.48 bits per heavy atom. The van der Waals surface area contributed by atoms with E-state index in [1.165, 1.54) is 0 Å². The first-order valence-electron chi connectivity index (χ1n) is 10.2. The molecule has 7 heteroatoms. The lowest BCUT2D eigenvalue weighted by Gasteiger charge is -2.17. The number of rotatable bonds is 8. The molecule has 3 amide bonds. The molecule has 2 aromatic carbocycles. The molecule has 0 aliphatic carbocycles. The number of nitrogens with one attached hydrogen (secondary N) is 2. The average Bonchev–Trinajstić information content (AvgIpc) is 3.12. The highest BCUT2D eigenvalue weighted by Crippen LogP contribution is 2.27. The van der Waals surface area contributed by atoms with Crippen molar-refractivity contribution in [2.45, 2.75) is 20.3 Å². The molecule has 1 aliphatic rings. The van der Waals surface area contributed by atoms with Gasteiger partial charge >= 0.3 is 0 Å². The van der Waals surface area contributed by atoms with Gasteiger partial charge in [-0.2, -0.15) is 0 Å². The Balaban J connectivity index is 1.53. The van der Waals surface area contributed by atoms with E-state index >= 15 is 0 Å². The van der Waals surface area contributed by atoms with E-state index in [4.69, 9.17) is 4.74 Å². The monoisotopic (exact) mass is 421 g/mol. The van der Waals surface area contributed by atoms with E-state index in [0.29, 0.717) is 24.5 Å². The zero-order valence-corrected chi connectivity index (χ0v) is 17.8.